The summed E-state index contributed by atoms with van der Waals surface area (Å²) in [4.78, 5) is 15.9. The minimum absolute atomic E-state index is 0.209. The van der Waals surface area contributed by atoms with E-state index in [9.17, 15) is 4.79 Å². The van der Waals surface area contributed by atoms with Crippen LogP contribution in [0.2, 0.25) is 0 Å². The van der Waals surface area contributed by atoms with Gasteiger partial charge in [-0.25, -0.2) is 4.98 Å². The Bertz CT molecular complexity index is 629. The zero-order chi connectivity index (χ0) is 15.1. The molecule has 0 radical (unpaired) electrons. The van der Waals surface area contributed by atoms with Crippen LogP contribution in [-0.2, 0) is 0 Å². The maximum absolute atomic E-state index is 11.9. The zero-order valence-corrected chi connectivity index (χ0v) is 11.9. The van der Waals surface area contributed by atoms with Gasteiger partial charge in [-0.05, 0) is 30.0 Å². The van der Waals surface area contributed by atoms with E-state index in [2.05, 4.69) is 29.4 Å². The second-order valence-corrected chi connectivity index (χ2v) is 4.90. The van der Waals surface area contributed by atoms with Gasteiger partial charge in [-0.1, -0.05) is 37.3 Å². The molecule has 1 aromatic carbocycles. The molecule has 1 amide bonds. The van der Waals surface area contributed by atoms with E-state index in [-0.39, 0.29) is 5.91 Å². The quantitative estimate of drug-likeness (QED) is 0.915. The Morgan fingerprint density at radius 1 is 1.29 bits per heavy atom. The fraction of sp³-hybridized carbons (Fsp3) is 0.235. The number of benzene rings is 1. The van der Waals surface area contributed by atoms with Gasteiger partial charge in [0, 0.05) is 12.7 Å². The number of carbonyl (C=O) groups is 1. The van der Waals surface area contributed by atoms with Crippen LogP contribution in [0.5, 0.6) is 0 Å². The molecule has 2 aromatic rings. The third-order valence-corrected chi connectivity index (χ3v) is 3.36. The molecule has 0 aliphatic heterocycles. The van der Waals surface area contributed by atoms with Crippen LogP contribution in [0.4, 0.5) is 0 Å². The molecule has 106 valence electrons. The highest BCUT2D eigenvalue weighted by atomic mass is 16.1. The molecule has 21 heavy (non-hydrogen) atoms. The first-order valence-electron chi connectivity index (χ1n) is 6.90. The van der Waals surface area contributed by atoms with Gasteiger partial charge in [0.25, 0.3) is 5.91 Å². The Kier molecular flexibility index (Phi) is 5.05. The maximum Gasteiger partial charge on any atom is 0.269 e. The Labute approximate surface area is 124 Å². The predicted molar refractivity (Wildman–Crippen MR) is 80.8 cm³/mol. The first-order chi connectivity index (χ1) is 10.2. The van der Waals surface area contributed by atoms with E-state index in [1.54, 1.807) is 12.1 Å². The Morgan fingerprint density at radius 2 is 2.05 bits per heavy atom. The minimum Gasteiger partial charge on any atom is -0.351 e. The van der Waals surface area contributed by atoms with Gasteiger partial charge in [-0.3, -0.25) is 4.79 Å². The Balaban J connectivity index is 1.83. The summed E-state index contributed by atoms with van der Waals surface area (Å²) in [6.45, 7) is 2.73. The summed E-state index contributed by atoms with van der Waals surface area (Å²) in [5.74, 6) is 0.181. The highest BCUT2D eigenvalue weighted by Gasteiger charge is 2.09. The van der Waals surface area contributed by atoms with Crippen LogP contribution in [0.25, 0.3) is 0 Å². The summed E-state index contributed by atoms with van der Waals surface area (Å²) < 4.78 is 0. The molecular formula is C17H17N3O. The summed E-state index contributed by atoms with van der Waals surface area (Å²) in [7, 11) is 0. The van der Waals surface area contributed by atoms with Gasteiger partial charge in [0.2, 0.25) is 0 Å². The molecule has 1 N–H and O–H groups in total. The summed E-state index contributed by atoms with van der Waals surface area (Å²) in [5.41, 5.74) is 2.05. The van der Waals surface area contributed by atoms with Crippen LogP contribution in [-0.4, -0.2) is 17.4 Å². The number of hydrogen-bond acceptors (Lipinski definition) is 3. The topological polar surface area (TPSA) is 65.8 Å². The number of nitrogens with zero attached hydrogens (tertiary/aromatic N) is 2. The van der Waals surface area contributed by atoms with Crippen LogP contribution in [0.3, 0.4) is 0 Å². The molecule has 1 heterocycles. The van der Waals surface area contributed by atoms with Crippen molar-refractivity contribution in [2.45, 2.75) is 19.3 Å². The standard InChI is InChI=1S/C17H17N3O/c1-13(15-5-3-2-4-6-15)9-10-19-17(21)16-8-7-14(11-18)12-20-16/h2-8,12-13H,9-10H2,1H3,(H,19,21). The highest BCUT2D eigenvalue weighted by molar-refractivity contribution is 5.92. The second kappa shape index (κ2) is 7.20. The first kappa shape index (κ1) is 14.7. The van der Waals surface area contributed by atoms with E-state index in [1.807, 2.05) is 24.3 Å². The minimum atomic E-state index is -0.209. The van der Waals surface area contributed by atoms with Gasteiger partial charge in [-0.15, -0.1) is 0 Å². The number of aromatic nitrogens is 1. The number of hydrogen-bond donors (Lipinski definition) is 1. The van der Waals surface area contributed by atoms with Crippen molar-refractivity contribution in [1.29, 1.82) is 5.26 Å². The van der Waals surface area contributed by atoms with E-state index in [4.69, 9.17) is 5.26 Å². The van der Waals surface area contributed by atoms with Crippen molar-refractivity contribution in [3.05, 3.63) is 65.5 Å². The van der Waals surface area contributed by atoms with Crippen LogP contribution in [0.15, 0.2) is 48.7 Å². The highest BCUT2D eigenvalue weighted by Crippen LogP contribution is 2.17. The molecule has 4 heteroatoms. The predicted octanol–water partition coefficient (Wildman–Crippen LogP) is 2.88. The molecule has 1 atom stereocenters. The van der Waals surface area contributed by atoms with Crippen molar-refractivity contribution < 1.29 is 4.79 Å². The van der Waals surface area contributed by atoms with E-state index < -0.39 is 0 Å². The average molecular weight is 279 g/mol. The van der Waals surface area contributed by atoms with E-state index >= 15 is 0 Å². The van der Waals surface area contributed by atoms with Crippen LogP contribution in [0.1, 0.15) is 40.9 Å². The van der Waals surface area contributed by atoms with Gasteiger partial charge in [0.05, 0.1) is 5.56 Å². The number of nitriles is 1. The lowest BCUT2D eigenvalue weighted by Crippen LogP contribution is -2.26. The normalized spacial score (nSPS) is 11.4. The van der Waals surface area contributed by atoms with Crippen molar-refractivity contribution in [1.82, 2.24) is 10.3 Å². The van der Waals surface area contributed by atoms with E-state index in [0.29, 0.717) is 23.7 Å². The van der Waals surface area contributed by atoms with Crippen molar-refractivity contribution in [3.8, 4) is 6.07 Å². The molecular weight excluding hydrogens is 262 g/mol. The summed E-state index contributed by atoms with van der Waals surface area (Å²) in [6.07, 6.45) is 2.27. The lowest BCUT2D eigenvalue weighted by atomic mass is 9.98. The van der Waals surface area contributed by atoms with Crippen molar-refractivity contribution in [2.24, 2.45) is 0 Å². The lowest BCUT2D eigenvalue weighted by Gasteiger charge is -2.12. The molecule has 0 saturated heterocycles. The number of pyridine rings is 1. The molecule has 0 saturated carbocycles. The first-order valence-corrected chi connectivity index (χ1v) is 6.90. The van der Waals surface area contributed by atoms with Gasteiger partial charge >= 0.3 is 0 Å². The number of carbonyl (C=O) groups excluding carboxylic acids is 1. The Hall–Kier alpha value is -2.67. The van der Waals surface area contributed by atoms with Crippen molar-refractivity contribution in [3.63, 3.8) is 0 Å². The van der Waals surface area contributed by atoms with Gasteiger partial charge in [-0.2, -0.15) is 5.26 Å². The van der Waals surface area contributed by atoms with Crippen LogP contribution >= 0.6 is 0 Å². The maximum atomic E-state index is 11.9. The SMILES string of the molecule is CC(CCNC(=O)c1ccc(C#N)cn1)c1ccccc1. The van der Waals surface area contributed by atoms with E-state index in [1.165, 1.54) is 11.8 Å². The molecule has 2 rings (SSSR count). The third-order valence-electron chi connectivity index (χ3n) is 3.36. The van der Waals surface area contributed by atoms with Crippen molar-refractivity contribution >= 4 is 5.91 Å². The molecule has 0 aliphatic carbocycles. The molecule has 0 fully saturated rings. The number of nitrogens with one attached hydrogen (secondary N) is 1. The van der Waals surface area contributed by atoms with Crippen LogP contribution < -0.4 is 5.32 Å². The monoisotopic (exact) mass is 279 g/mol. The van der Waals surface area contributed by atoms with Gasteiger partial charge < -0.3 is 5.32 Å². The van der Waals surface area contributed by atoms with Crippen molar-refractivity contribution in [2.75, 3.05) is 6.54 Å². The smallest absolute Gasteiger partial charge is 0.269 e. The summed E-state index contributed by atoms with van der Waals surface area (Å²) in [6, 6.07) is 15.3. The summed E-state index contributed by atoms with van der Waals surface area (Å²) in [5, 5.41) is 11.5. The summed E-state index contributed by atoms with van der Waals surface area (Å²) >= 11 is 0. The average Bonchev–Trinajstić information content (AvgIpc) is 2.55. The molecule has 0 spiro atoms. The zero-order valence-electron chi connectivity index (χ0n) is 11.9. The van der Waals surface area contributed by atoms with Crippen LogP contribution in [0, 0.1) is 11.3 Å². The molecule has 4 nitrogen and oxygen atoms in total. The largest absolute Gasteiger partial charge is 0.351 e. The Morgan fingerprint density at radius 3 is 2.67 bits per heavy atom. The molecule has 1 aromatic heterocycles. The van der Waals surface area contributed by atoms with Gasteiger partial charge in [0.15, 0.2) is 0 Å². The number of amides is 1. The molecule has 0 bridgehead atoms. The van der Waals surface area contributed by atoms with E-state index in [0.717, 1.165) is 6.42 Å². The lowest BCUT2D eigenvalue weighted by molar-refractivity contribution is 0.0947. The second-order valence-electron chi connectivity index (χ2n) is 4.90. The number of rotatable bonds is 5. The molecule has 0 aliphatic rings. The van der Waals surface area contributed by atoms with Gasteiger partial charge in [0.1, 0.15) is 11.8 Å². The fourth-order valence-corrected chi connectivity index (χ4v) is 2.04. The molecule has 1 unspecified atom stereocenters. The fourth-order valence-electron chi connectivity index (χ4n) is 2.04. The third kappa shape index (κ3) is 4.15.